The monoisotopic (exact) mass is 493 g/mol. The number of pyridine rings is 1. The summed E-state index contributed by atoms with van der Waals surface area (Å²) in [6, 6.07) is 13.1. The van der Waals surface area contributed by atoms with Gasteiger partial charge in [0, 0.05) is 14.1 Å². The molecule has 1 aromatic carbocycles. The molecule has 3 atom stereocenters. The van der Waals surface area contributed by atoms with Crippen LogP contribution < -0.4 is 4.74 Å². The number of nitrogens with zero attached hydrogens (tertiary/aromatic N) is 5. The van der Waals surface area contributed by atoms with Crippen LogP contribution in [0.2, 0.25) is 0 Å². The number of carboxylic acid groups (broad SMARTS) is 1. The molecule has 1 amide bonds. The average molecular weight is 494 g/mol. The quantitative estimate of drug-likeness (QED) is 0.495. The van der Waals surface area contributed by atoms with E-state index in [-0.39, 0.29) is 24.7 Å². The minimum atomic E-state index is -0.770. The average Bonchev–Trinajstić information content (AvgIpc) is 3.27. The van der Waals surface area contributed by atoms with Crippen LogP contribution in [0, 0.1) is 5.92 Å². The Morgan fingerprint density at radius 2 is 1.97 bits per heavy atom. The van der Waals surface area contributed by atoms with E-state index in [1.165, 1.54) is 0 Å². The first-order chi connectivity index (χ1) is 17.3. The van der Waals surface area contributed by atoms with Crippen LogP contribution in [-0.2, 0) is 23.2 Å². The third kappa shape index (κ3) is 5.81. The maximum atomic E-state index is 12.7. The maximum absolute atomic E-state index is 12.7. The number of aryl methyl sites for hydroxylation is 1. The first-order valence-corrected chi connectivity index (χ1v) is 12.0. The molecule has 1 saturated carbocycles. The highest BCUT2D eigenvalue weighted by atomic mass is 16.6. The number of hydrogen-bond acceptors (Lipinski definition) is 7. The summed E-state index contributed by atoms with van der Waals surface area (Å²) in [5.41, 5.74) is 2.71. The van der Waals surface area contributed by atoms with Gasteiger partial charge in [-0.2, -0.15) is 0 Å². The molecule has 0 aliphatic heterocycles. The summed E-state index contributed by atoms with van der Waals surface area (Å²) in [6.07, 6.45) is 3.83. The summed E-state index contributed by atoms with van der Waals surface area (Å²) in [5.74, 6) is -0.563. The standard InChI is InChI=1S/C26H31N5O5/c1-17(18-8-5-4-6-9-18)30(2)26(34)35-16-23-24(28-29-31(23)3)22-13-12-21(15-27-22)36-20-11-7-10-19(14-20)25(32)33/h4-6,8-9,12-13,15,17,19-20H,7,10-11,14,16H2,1-3H3,(H,32,33)/t17?,19-,20-/m0/s1. The Morgan fingerprint density at radius 3 is 2.67 bits per heavy atom. The lowest BCUT2D eigenvalue weighted by Crippen LogP contribution is -2.30. The Hall–Kier alpha value is -3.95. The predicted octanol–water partition coefficient (Wildman–Crippen LogP) is 4.23. The van der Waals surface area contributed by atoms with Gasteiger partial charge in [0.25, 0.3) is 0 Å². The van der Waals surface area contributed by atoms with Crippen LogP contribution in [0.1, 0.15) is 49.9 Å². The number of aromatic nitrogens is 4. The Balaban J connectivity index is 1.39. The van der Waals surface area contributed by atoms with E-state index in [0.717, 1.165) is 18.4 Å². The molecule has 10 heteroatoms. The number of rotatable bonds is 8. The normalized spacial score (nSPS) is 18.3. The number of benzene rings is 1. The van der Waals surface area contributed by atoms with Crippen molar-refractivity contribution in [3.8, 4) is 17.1 Å². The van der Waals surface area contributed by atoms with E-state index in [0.29, 0.717) is 35.7 Å². The van der Waals surface area contributed by atoms with Gasteiger partial charge in [0.2, 0.25) is 0 Å². The maximum Gasteiger partial charge on any atom is 0.410 e. The Kier molecular flexibility index (Phi) is 7.82. The molecule has 1 N–H and O–H groups in total. The van der Waals surface area contributed by atoms with Crippen LogP contribution in [-0.4, -0.2) is 55.2 Å². The second kappa shape index (κ2) is 11.2. The van der Waals surface area contributed by atoms with Gasteiger partial charge in [0.05, 0.1) is 30.0 Å². The lowest BCUT2D eigenvalue weighted by Gasteiger charge is -2.27. The van der Waals surface area contributed by atoms with E-state index in [1.54, 1.807) is 42.0 Å². The summed E-state index contributed by atoms with van der Waals surface area (Å²) in [7, 11) is 3.43. The van der Waals surface area contributed by atoms with Crippen molar-refractivity contribution in [2.45, 2.75) is 51.4 Å². The van der Waals surface area contributed by atoms with Crippen LogP contribution in [0.4, 0.5) is 4.79 Å². The molecule has 10 nitrogen and oxygen atoms in total. The Labute approximate surface area is 209 Å². The highest BCUT2D eigenvalue weighted by Gasteiger charge is 2.28. The zero-order valence-corrected chi connectivity index (χ0v) is 20.7. The van der Waals surface area contributed by atoms with Crippen LogP contribution in [0.25, 0.3) is 11.4 Å². The van der Waals surface area contributed by atoms with Crippen molar-refractivity contribution < 1.29 is 24.2 Å². The molecule has 3 aromatic rings. The number of carboxylic acids is 1. The minimum absolute atomic E-state index is 0.0118. The number of carbonyl (C=O) groups is 2. The van der Waals surface area contributed by atoms with Crippen molar-refractivity contribution >= 4 is 12.1 Å². The fraction of sp³-hybridized carbons (Fsp3) is 0.423. The molecule has 1 aliphatic carbocycles. The zero-order valence-electron chi connectivity index (χ0n) is 20.7. The van der Waals surface area contributed by atoms with Crippen LogP contribution in [0.3, 0.4) is 0 Å². The molecule has 190 valence electrons. The van der Waals surface area contributed by atoms with Crippen molar-refractivity contribution in [2.75, 3.05) is 7.05 Å². The Bertz CT molecular complexity index is 1180. The van der Waals surface area contributed by atoms with Gasteiger partial charge in [-0.15, -0.1) is 5.10 Å². The molecular formula is C26H31N5O5. The zero-order chi connectivity index (χ0) is 25.7. The van der Waals surface area contributed by atoms with E-state index < -0.39 is 12.1 Å². The van der Waals surface area contributed by atoms with Crippen molar-refractivity contribution in [1.82, 2.24) is 24.9 Å². The second-order valence-corrected chi connectivity index (χ2v) is 9.08. The molecule has 2 heterocycles. The summed E-state index contributed by atoms with van der Waals surface area (Å²) >= 11 is 0. The molecule has 1 fully saturated rings. The number of ether oxygens (including phenoxy) is 2. The van der Waals surface area contributed by atoms with Crippen molar-refractivity contribution in [3.63, 3.8) is 0 Å². The van der Waals surface area contributed by atoms with Crippen molar-refractivity contribution in [1.29, 1.82) is 0 Å². The first kappa shape index (κ1) is 25.2. The topological polar surface area (TPSA) is 120 Å². The molecular weight excluding hydrogens is 462 g/mol. The number of amides is 1. The first-order valence-electron chi connectivity index (χ1n) is 12.0. The van der Waals surface area contributed by atoms with Gasteiger partial charge in [0.1, 0.15) is 23.7 Å². The number of carbonyl (C=O) groups excluding carboxylic acids is 1. The van der Waals surface area contributed by atoms with Gasteiger partial charge in [-0.05, 0) is 50.3 Å². The highest BCUT2D eigenvalue weighted by Crippen LogP contribution is 2.29. The third-order valence-corrected chi connectivity index (χ3v) is 6.68. The SMILES string of the molecule is CC(c1ccccc1)N(C)C(=O)OCc1c(-c2ccc(O[C@H]3CCC[C@H](C(=O)O)C3)cn2)nnn1C. The molecule has 36 heavy (non-hydrogen) atoms. The fourth-order valence-corrected chi connectivity index (χ4v) is 4.34. The third-order valence-electron chi connectivity index (χ3n) is 6.68. The van der Waals surface area contributed by atoms with Gasteiger partial charge >= 0.3 is 12.1 Å². The Morgan fingerprint density at radius 1 is 1.19 bits per heavy atom. The van der Waals surface area contributed by atoms with Gasteiger partial charge in [-0.1, -0.05) is 35.5 Å². The van der Waals surface area contributed by atoms with E-state index in [1.807, 2.05) is 37.3 Å². The molecule has 0 spiro atoms. The molecule has 0 bridgehead atoms. The molecule has 1 unspecified atom stereocenters. The molecule has 4 rings (SSSR count). The molecule has 2 aromatic heterocycles. The lowest BCUT2D eigenvalue weighted by molar-refractivity contribution is -0.143. The smallest absolute Gasteiger partial charge is 0.410 e. The summed E-state index contributed by atoms with van der Waals surface area (Å²) in [5, 5.41) is 17.6. The van der Waals surface area contributed by atoms with Crippen LogP contribution in [0.15, 0.2) is 48.7 Å². The van der Waals surface area contributed by atoms with Gasteiger partial charge in [-0.25, -0.2) is 9.48 Å². The van der Waals surface area contributed by atoms with Crippen molar-refractivity contribution in [3.05, 3.63) is 59.9 Å². The summed E-state index contributed by atoms with van der Waals surface area (Å²) < 4.78 is 13.1. The summed E-state index contributed by atoms with van der Waals surface area (Å²) in [6.45, 7) is 1.93. The number of aliphatic carboxylic acids is 1. The van der Waals surface area contributed by atoms with E-state index in [9.17, 15) is 14.7 Å². The lowest BCUT2D eigenvalue weighted by atomic mass is 9.87. The fourth-order valence-electron chi connectivity index (χ4n) is 4.34. The largest absolute Gasteiger partial charge is 0.489 e. The van der Waals surface area contributed by atoms with E-state index in [4.69, 9.17) is 9.47 Å². The number of hydrogen-bond donors (Lipinski definition) is 1. The predicted molar refractivity (Wildman–Crippen MR) is 131 cm³/mol. The van der Waals surface area contributed by atoms with Crippen LogP contribution in [0.5, 0.6) is 5.75 Å². The molecule has 0 radical (unpaired) electrons. The summed E-state index contributed by atoms with van der Waals surface area (Å²) in [4.78, 5) is 30.0. The van der Waals surface area contributed by atoms with Crippen molar-refractivity contribution in [2.24, 2.45) is 13.0 Å². The van der Waals surface area contributed by atoms with Gasteiger partial charge < -0.3 is 19.5 Å². The molecule has 0 saturated heterocycles. The van der Waals surface area contributed by atoms with Gasteiger partial charge in [0.15, 0.2) is 0 Å². The van der Waals surface area contributed by atoms with E-state index >= 15 is 0 Å². The minimum Gasteiger partial charge on any atom is -0.489 e. The molecule has 1 aliphatic rings. The second-order valence-electron chi connectivity index (χ2n) is 9.08. The highest BCUT2D eigenvalue weighted by molar-refractivity contribution is 5.70. The van der Waals surface area contributed by atoms with Gasteiger partial charge in [-0.3, -0.25) is 9.78 Å². The van der Waals surface area contributed by atoms with E-state index in [2.05, 4.69) is 15.3 Å². The van der Waals surface area contributed by atoms with Crippen LogP contribution >= 0.6 is 0 Å².